The second-order valence-electron chi connectivity index (χ2n) is 5.00. The summed E-state index contributed by atoms with van der Waals surface area (Å²) in [6.45, 7) is 4.47. The number of nitrogens with zero attached hydrogens (tertiary/aromatic N) is 3. The first-order chi connectivity index (χ1) is 8.99. The van der Waals surface area contributed by atoms with Gasteiger partial charge in [0.25, 0.3) is 0 Å². The third-order valence-corrected chi connectivity index (χ3v) is 4.02. The normalized spacial score (nSPS) is 21.5. The molecular weight excluding hydrogens is 309 g/mol. The number of imidazole rings is 1. The monoisotopic (exact) mass is 321 g/mol. The van der Waals surface area contributed by atoms with Crippen LogP contribution in [0.5, 0.6) is 0 Å². The molecule has 2 aromatic rings. The minimum atomic E-state index is -0.603. The van der Waals surface area contributed by atoms with Gasteiger partial charge in [-0.25, -0.2) is 9.37 Å². The highest BCUT2D eigenvalue weighted by Gasteiger charge is 2.32. The number of halogens is 2. The molecule has 0 amide bonds. The van der Waals surface area contributed by atoms with E-state index in [2.05, 4.69) is 25.9 Å². The van der Waals surface area contributed by atoms with Crippen molar-refractivity contribution in [1.29, 1.82) is 0 Å². The van der Waals surface area contributed by atoms with Crippen molar-refractivity contribution in [2.24, 2.45) is 4.99 Å². The van der Waals surface area contributed by atoms with Crippen LogP contribution in [0.25, 0.3) is 0 Å². The Bertz CT molecular complexity index is 677. The molecule has 1 atom stereocenters. The van der Waals surface area contributed by atoms with Gasteiger partial charge in [-0.3, -0.25) is 4.99 Å². The molecule has 1 aliphatic heterocycles. The SMILES string of the molecule is Cc1ncn2c1C=N[C@](C)(c1cc(Br)ccc1F)C2. The number of benzene rings is 1. The largest absolute Gasteiger partial charge is 0.327 e. The van der Waals surface area contributed by atoms with Gasteiger partial charge in [0.05, 0.1) is 24.3 Å². The van der Waals surface area contributed by atoms with Gasteiger partial charge in [-0.2, -0.15) is 0 Å². The average molecular weight is 322 g/mol. The van der Waals surface area contributed by atoms with Crippen molar-refractivity contribution in [2.75, 3.05) is 0 Å². The maximum absolute atomic E-state index is 14.1. The molecule has 0 saturated heterocycles. The van der Waals surface area contributed by atoms with Crippen molar-refractivity contribution in [1.82, 2.24) is 9.55 Å². The predicted molar refractivity (Wildman–Crippen MR) is 76.0 cm³/mol. The third kappa shape index (κ3) is 2.02. The molecule has 1 aliphatic rings. The minimum absolute atomic E-state index is 0.233. The number of aliphatic imine (C=N–C) groups is 1. The second kappa shape index (κ2) is 4.27. The lowest BCUT2D eigenvalue weighted by Crippen LogP contribution is -2.31. The molecule has 1 aromatic heterocycles. The van der Waals surface area contributed by atoms with Gasteiger partial charge >= 0.3 is 0 Å². The molecule has 0 saturated carbocycles. The summed E-state index contributed by atoms with van der Waals surface area (Å²) in [6.07, 6.45) is 3.57. The summed E-state index contributed by atoms with van der Waals surface area (Å²) in [5.41, 5.74) is 1.93. The van der Waals surface area contributed by atoms with Crippen LogP contribution in [0, 0.1) is 12.7 Å². The topological polar surface area (TPSA) is 30.2 Å². The highest BCUT2D eigenvalue weighted by atomic mass is 79.9. The summed E-state index contributed by atoms with van der Waals surface area (Å²) in [7, 11) is 0. The van der Waals surface area contributed by atoms with E-state index in [4.69, 9.17) is 0 Å². The van der Waals surface area contributed by atoms with E-state index in [0.717, 1.165) is 15.9 Å². The Labute approximate surface area is 119 Å². The van der Waals surface area contributed by atoms with E-state index in [1.165, 1.54) is 6.07 Å². The van der Waals surface area contributed by atoms with Crippen molar-refractivity contribution >= 4 is 22.1 Å². The summed E-state index contributed by atoms with van der Waals surface area (Å²) in [5.74, 6) is -0.233. The van der Waals surface area contributed by atoms with Crippen molar-refractivity contribution in [3.8, 4) is 0 Å². The summed E-state index contributed by atoms with van der Waals surface area (Å²) >= 11 is 3.39. The van der Waals surface area contributed by atoms with Crippen LogP contribution in [0.3, 0.4) is 0 Å². The second-order valence-corrected chi connectivity index (χ2v) is 5.92. The van der Waals surface area contributed by atoms with E-state index in [1.54, 1.807) is 24.7 Å². The van der Waals surface area contributed by atoms with E-state index in [-0.39, 0.29) is 5.82 Å². The van der Waals surface area contributed by atoms with Gasteiger partial charge < -0.3 is 4.57 Å². The quantitative estimate of drug-likeness (QED) is 0.791. The van der Waals surface area contributed by atoms with Crippen LogP contribution in [0.15, 0.2) is 34.0 Å². The van der Waals surface area contributed by atoms with Crippen molar-refractivity contribution in [2.45, 2.75) is 25.9 Å². The van der Waals surface area contributed by atoms with Gasteiger partial charge in [0.2, 0.25) is 0 Å². The zero-order valence-corrected chi connectivity index (χ0v) is 12.3. The Hall–Kier alpha value is -1.49. The molecular formula is C14H13BrFN3. The molecule has 0 unspecified atom stereocenters. The number of rotatable bonds is 1. The molecule has 0 N–H and O–H groups in total. The summed E-state index contributed by atoms with van der Waals surface area (Å²) in [4.78, 5) is 8.83. The molecule has 2 heterocycles. The zero-order chi connectivity index (χ0) is 13.6. The van der Waals surface area contributed by atoms with Crippen molar-refractivity contribution < 1.29 is 4.39 Å². The van der Waals surface area contributed by atoms with E-state index in [0.29, 0.717) is 12.1 Å². The van der Waals surface area contributed by atoms with E-state index >= 15 is 0 Å². The first-order valence-corrected chi connectivity index (χ1v) is 6.81. The number of hydrogen-bond acceptors (Lipinski definition) is 2. The standard InChI is InChI=1S/C14H13BrFN3/c1-9-13-6-18-14(2,7-19(13)8-17-9)11-5-10(15)3-4-12(11)16/h3-6,8H,7H2,1-2H3/t14-/m0/s1. The van der Waals surface area contributed by atoms with Gasteiger partial charge in [-0.05, 0) is 32.0 Å². The Morgan fingerprint density at radius 2 is 2.21 bits per heavy atom. The van der Waals surface area contributed by atoms with Gasteiger partial charge in [0.1, 0.15) is 11.4 Å². The van der Waals surface area contributed by atoms with Crippen LogP contribution in [0.2, 0.25) is 0 Å². The van der Waals surface area contributed by atoms with Gasteiger partial charge in [-0.1, -0.05) is 15.9 Å². The molecule has 5 heteroatoms. The van der Waals surface area contributed by atoms with Crippen LogP contribution in [0.4, 0.5) is 4.39 Å². The predicted octanol–water partition coefficient (Wildman–Crippen LogP) is 3.44. The Balaban J connectivity index is 2.09. The molecule has 0 spiro atoms. The molecule has 0 aliphatic carbocycles. The third-order valence-electron chi connectivity index (χ3n) is 3.53. The van der Waals surface area contributed by atoms with Gasteiger partial charge in [-0.15, -0.1) is 0 Å². The van der Waals surface area contributed by atoms with Crippen molar-refractivity contribution in [3.05, 3.63) is 51.8 Å². The van der Waals surface area contributed by atoms with Crippen molar-refractivity contribution in [3.63, 3.8) is 0 Å². The van der Waals surface area contributed by atoms with Crippen LogP contribution >= 0.6 is 15.9 Å². The Morgan fingerprint density at radius 3 is 3.00 bits per heavy atom. The molecule has 3 rings (SSSR count). The zero-order valence-electron chi connectivity index (χ0n) is 10.7. The van der Waals surface area contributed by atoms with Gasteiger partial charge in [0.15, 0.2) is 0 Å². The van der Waals surface area contributed by atoms with Crippen LogP contribution in [-0.4, -0.2) is 15.8 Å². The smallest absolute Gasteiger partial charge is 0.128 e. The Morgan fingerprint density at radius 1 is 1.42 bits per heavy atom. The lowest BCUT2D eigenvalue weighted by Gasteiger charge is -2.30. The summed E-state index contributed by atoms with van der Waals surface area (Å²) in [6, 6.07) is 4.96. The minimum Gasteiger partial charge on any atom is -0.327 e. The van der Waals surface area contributed by atoms with Crippen LogP contribution in [-0.2, 0) is 12.1 Å². The first-order valence-electron chi connectivity index (χ1n) is 6.02. The number of hydrogen-bond donors (Lipinski definition) is 0. The molecule has 3 nitrogen and oxygen atoms in total. The fourth-order valence-electron chi connectivity index (χ4n) is 2.43. The summed E-state index contributed by atoms with van der Waals surface area (Å²) in [5, 5.41) is 0. The maximum atomic E-state index is 14.1. The molecule has 98 valence electrons. The van der Waals surface area contributed by atoms with E-state index < -0.39 is 5.54 Å². The number of fused-ring (bicyclic) bond motifs is 1. The van der Waals surface area contributed by atoms with E-state index in [1.807, 2.05) is 18.4 Å². The maximum Gasteiger partial charge on any atom is 0.128 e. The molecule has 0 radical (unpaired) electrons. The molecule has 0 fully saturated rings. The number of aryl methyl sites for hydroxylation is 1. The average Bonchev–Trinajstić information content (AvgIpc) is 2.73. The highest BCUT2D eigenvalue weighted by molar-refractivity contribution is 9.10. The first kappa shape index (κ1) is 12.5. The molecule has 19 heavy (non-hydrogen) atoms. The molecule has 0 bridgehead atoms. The van der Waals surface area contributed by atoms with Gasteiger partial charge in [0, 0.05) is 16.3 Å². The lowest BCUT2D eigenvalue weighted by molar-refractivity contribution is 0.387. The van der Waals surface area contributed by atoms with E-state index in [9.17, 15) is 4.39 Å². The lowest BCUT2D eigenvalue weighted by atomic mass is 9.91. The van der Waals surface area contributed by atoms with Crippen LogP contribution in [0.1, 0.15) is 23.9 Å². The summed E-state index contributed by atoms with van der Waals surface area (Å²) < 4.78 is 16.9. The Kier molecular flexibility index (Phi) is 2.82. The molecule has 1 aromatic carbocycles. The highest BCUT2D eigenvalue weighted by Crippen LogP contribution is 2.34. The van der Waals surface area contributed by atoms with Crippen LogP contribution < -0.4 is 0 Å². The number of aromatic nitrogens is 2. The fourth-order valence-corrected chi connectivity index (χ4v) is 2.79. The fraction of sp³-hybridized carbons (Fsp3) is 0.286.